The molecule has 138 valence electrons. The Hall–Kier alpha value is -3.55. The lowest BCUT2D eigenvalue weighted by Crippen LogP contribution is -2.23. The quantitative estimate of drug-likeness (QED) is 0.358. The number of hydrogen-bond donors (Lipinski definition) is 2. The van der Waals surface area contributed by atoms with Gasteiger partial charge in [0.2, 0.25) is 0 Å². The number of nitrogens with two attached hydrogens (primary N) is 2. The number of rotatable bonds is 8. The Labute approximate surface area is 158 Å². The average Bonchev–Trinajstić information content (AvgIpc) is 2.72. The highest BCUT2D eigenvalue weighted by atomic mass is 15.2. The van der Waals surface area contributed by atoms with Crippen molar-refractivity contribution >= 4 is 17.5 Å². The first-order valence-corrected chi connectivity index (χ1v) is 8.71. The van der Waals surface area contributed by atoms with Crippen LogP contribution in [0.3, 0.4) is 0 Å². The molecule has 0 unspecified atom stereocenters. The number of aliphatic imine (C=N–C) groups is 1. The molecule has 3 heterocycles. The van der Waals surface area contributed by atoms with Crippen LogP contribution in [0.5, 0.6) is 0 Å². The fourth-order valence-electron chi connectivity index (χ4n) is 2.71. The second-order valence-electron chi connectivity index (χ2n) is 5.82. The number of nitrogens with zero attached hydrogens (tertiary/aromatic N) is 6. The van der Waals surface area contributed by atoms with Gasteiger partial charge in [-0.25, -0.2) is 9.97 Å². The molecule has 8 nitrogen and oxygen atoms in total. The Morgan fingerprint density at radius 3 is 2.56 bits per heavy atom. The summed E-state index contributed by atoms with van der Waals surface area (Å²) in [5.74, 6) is 0.921. The Morgan fingerprint density at radius 2 is 1.81 bits per heavy atom. The third-order valence-electron chi connectivity index (χ3n) is 3.91. The van der Waals surface area contributed by atoms with Crippen LogP contribution in [-0.2, 0) is 0 Å². The first-order chi connectivity index (χ1) is 13.3. The van der Waals surface area contributed by atoms with Gasteiger partial charge in [0.15, 0.2) is 5.96 Å². The van der Waals surface area contributed by atoms with E-state index in [4.69, 9.17) is 11.5 Å². The molecule has 0 aliphatic heterocycles. The van der Waals surface area contributed by atoms with Gasteiger partial charge in [-0.05, 0) is 43.2 Å². The minimum absolute atomic E-state index is 0.118. The highest BCUT2D eigenvalue weighted by Crippen LogP contribution is 2.31. The Kier molecular flexibility index (Phi) is 6.24. The van der Waals surface area contributed by atoms with Crippen LogP contribution in [0.2, 0.25) is 0 Å². The largest absolute Gasteiger partial charge is 0.370 e. The fourth-order valence-corrected chi connectivity index (χ4v) is 2.71. The molecule has 3 rings (SSSR count). The van der Waals surface area contributed by atoms with Crippen LogP contribution in [-0.4, -0.2) is 39.0 Å². The maximum absolute atomic E-state index is 5.39. The Bertz CT molecular complexity index is 863. The minimum Gasteiger partial charge on any atom is -0.370 e. The monoisotopic (exact) mass is 362 g/mol. The third kappa shape index (κ3) is 4.97. The highest BCUT2D eigenvalue weighted by molar-refractivity contribution is 5.76. The van der Waals surface area contributed by atoms with E-state index in [1.165, 1.54) is 0 Å². The van der Waals surface area contributed by atoms with E-state index in [1.54, 1.807) is 24.9 Å². The van der Waals surface area contributed by atoms with E-state index in [2.05, 4.69) is 29.8 Å². The van der Waals surface area contributed by atoms with Crippen molar-refractivity contribution in [3.63, 3.8) is 0 Å². The molecule has 0 aliphatic rings. The SMILES string of the molecule is NC(N)=NCCCCN(c1ccncn1)c1cccnc1-c1ccccn1. The molecule has 3 aromatic heterocycles. The van der Waals surface area contributed by atoms with Crippen molar-refractivity contribution in [1.82, 2.24) is 19.9 Å². The van der Waals surface area contributed by atoms with Gasteiger partial charge < -0.3 is 16.4 Å². The molecule has 0 bridgehead atoms. The molecule has 8 heteroatoms. The summed E-state index contributed by atoms with van der Waals surface area (Å²) in [5.41, 5.74) is 13.3. The van der Waals surface area contributed by atoms with Crippen molar-refractivity contribution in [3.05, 3.63) is 61.3 Å². The zero-order valence-corrected chi connectivity index (χ0v) is 14.9. The summed E-state index contributed by atoms with van der Waals surface area (Å²) < 4.78 is 0. The number of guanidine groups is 1. The molecular formula is C19H22N8. The van der Waals surface area contributed by atoms with Crippen LogP contribution in [0.1, 0.15) is 12.8 Å². The number of hydrogen-bond acceptors (Lipinski definition) is 6. The molecule has 0 saturated carbocycles. The van der Waals surface area contributed by atoms with Crippen molar-refractivity contribution < 1.29 is 0 Å². The summed E-state index contributed by atoms with van der Waals surface area (Å²) in [5, 5.41) is 0. The molecule has 3 aromatic rings. The van der Waals surface area contributed by atoms with Gasteiger partial charge in [-0.1, -0.05) is 6.07 Å². The van der Waals surface area contributed by atoms with Gasteiger partial charge in [0.05, 0.1) is 11.4 Å². The first-order valence-electron chi connectivity index (χ1n) is 8.71. The summed E-state index contributed by atoms with van der Waals surface area (Å²) in [6.45, 7) is 1.34. The van der Waals surface area contributed by atoms with Crippen LogP contribution < -0.4 is 16.4 Å². The molecular weight excluding hydrogens is 340 g/mol. The number of unbranched alkanes of at least 4 members (excludes halogenated alkanes) is 1. The van der Waals surface area contributed by atoms with Gasteiger partial charge in [-0.15, -0.1) is 0 Å². The summed E-state index contributed by atoms with van der Waals surface area (Å²) in [6.07, 6.45) is 8.54. The summed E-state index contributed by atoms with van der Waals surface area (Å²) in [6, 6.07) is 11.6. The van der Waals surface area contributed by atoms with E-state index in [-0.39, 0.29) is 5.96 Å². The second kappa shape index (κ2) is 9.23. The zero-order chi connectivity index (χ0) is 18.9. The minimum atomic E-state index is 0.118. The predicted molar refractivity (Wildman–Crippen MR) is 106 cm³/mol. The summed E-state index contributed by atoms with van der Waals surface area (Å²) in [4.78, 5) is 23.6. The first kappa shape index (κ1) is 18.2. The van der Waals surface area contributed by atoms with Crippen molar-refractivity contribution in [2.45, 2.75) is 12.8 Å². The smallest absolute Gasteiger partial charge is 0.185 e. The molecule has 0 atom stereocenters. The van der Waals surface area contributed by atoms with Crippen LogP contribution in [0, 0.1) is 0 Å². The van der Waals surface area contributed by atoms with Gasteiger partial charge in [-0.3, -0.25) is 15.0 Å². The van der Waals surface area contributed by atoms with Crippen LogP contribution in [0.25, 0.3) is 11.4 Å². The van der Waals surface area contributed by atoms with Crippen molar-refractivity contribution in [3.8, 4) is 11.4 Å². The van der Waals surface area contributed by atoms with Gasteiger partial charge in [0.25, 0.3) is 0 Å². The van der Waals surface area contributed by atoms with Crippen molar-refractivity contribution in [1.29, 1.82) is 0 Å². The topological polar surface area (TPSA) is 119 Å². The maximum Gasteiger partial charge on any atom is 0.185 e. The summed E-state index contributed by atoms with van der Waals surface area (Å²) >= 11 is 0. The van der Waals surface area contributed by atoms with E-state index >= 15 is 0 Å². The lowest BCUT2D eigenvalue weighted by atomic mass is 10.1. The van der Waals surface area contributed by atoms with E-state index in [0.29, 0.717) is 6.54 Å². The molecule has 0 saturated heterocycles. The Morgan fingerprint density at radius 1 is 0.926 bits per heavy atom. The van der Waals surface area contributed by atoms with E-state index in [9.17, 15) is 0 Å². The van der Waals surface area contributed by atoms with Crippen LogP contribution in [0.15, 0.2) is 66.3 Å². The van der Waals surface area contributed by atoms with E-state index in [0.717, 1.165) is 42.3 Å². The van der Waals surface area contributed by atoms with Gasteiger partial charge in [0, 0.05) is 31.7 Å². The second-order valence-corrected chi connectivity index (χ2v) is 5.82. The average molecular weight is 362 g/mol. The van der Waals surface area contributed by atoms with Gasteiger partial charge in [-0.2, -0.15) is 0 Å². The van der Waals surface area contributed by atoms with E-state index < -0.39 is 0 Å². The lowest BCUT2D eigenvalue weighted by Gasteiger charge is -2.25. The number of pyridine rings is 2. The third-order valence-corrected chi connectivity index (χ3v) is 3.91. The number of aromatic nitrogens is 4. The van der Waals surface area contributed by atoms with Gasteiger partial charge in [0.1, 0.15) is 17.8 Å². The van der Waals surface area contributed by atoms with Crippen molar-refractivity contribution in [2.75, 3.05) is 18.0 Å². The summed E-state index contributed by atoms with van der Waals surface area (Å²) in [7, 11) is 0. The maximum atomic E-state index is 5.39. The normalized spacial score (nSPS) is 10.4. The fraction of sp³-hybridized carbons (Fsp3) is 0.211. The van der Waals surface area contributed by atoms with Gasteiger partial charge >= 0.3 is 0 Å². The highest BCUT2D eigenvalue weighted by Gasteiger charge is 2.16. The predicted octanol–water partition coefficient (Wildman–Crippen LogP) is 2.13. The van der Waals surface area contributed by atoms with Crippen molar-refractivity contribution in [2.24, 2.45) is 16.5 Å². The van der Waals surface area contributed by atoms with Crippen LogP contribution in [0.4, 0.5) is 11.5 Å². The molecule has 0 fully saturated rings. The standard InChI is InChI=1S/C19H22N8/c20-19(21)25-10-3-4-13-27(17-8-12-22-14-26-17)16-7-5-11-24-18(16)15-6-1-2-9-23-15/h1-2,5-9,11-12,14H,3-4,10,13H2,(H4,20,21,25). The molecule has 0 spiro atoms. The van der Waals surface area contributed by atoms with E-state index in [1.807, 2.05) is 36.4 Å². The zero-order valence-electron chi connectivity index (χ0n) is 14.9. The molecule has 0 amide bonds. The Balaban J connectivity index is 1.89. The molecule has 4 N–H and O–H groups in total. The molecule has 0 aromatic carbocycles. The number of anilines is 2. The van der Waals surface area contributed by atoms with Crippen LogP contribution >= 0.6 is 0 Å². The molecule has 0 aliphatic carbocycles. The molecule has 0 radical (unpaired) electrons. The lowest BCUT2D eigenvalue weighted by molar-refractivity contribution is 0.736. The molecule has 27 heavy (non-hydrogen) atoms.